The average molecular weight is 524 g/mol. The van der Waals surface area contributed by atoms with E-state index in [1.165, 1.54) is 27.8 Å². The Kier molecular flexibility index (Phi) is 7.41. The summed E-state index contributed by atoms with van der Waals surface area (Å²) in [5.41, 5.74) is 9.16. The van der Waals surface area contributed by atoms with Gasteiger partial charge in [0, 0.05) is 17.1 Å². The minimum Gasteiger partial charge on any atom is -0.487 e. The quantitative estimate of drug-likeness (QED) is 0.190. The molecule has 4 aromatic carbocycles. The molecule has 4 nitrogen and oxygen atoms in total. The first kappa shape index (κ1) is 25.6. The van der Waals surface area contributed by atoms with Gasteiger partial charge in [-0.1, -0.05) is 92.7 Å². The third kappa shape index (κ3) is 5.81. The number of para-hydroxylation sites is 1. The highest BCUT2D eigenvalue weighted by Gasteiger charge is 2.14. The van der Waals surface area contributed by atoms with Crippen LogP contribution in [0.25, 0.3) is 33.3 Å². The van der Waals surface area contributed by atoms with Gasteiger partial charge in [-0.15, -0.1) is 0 Å². The molecule has 2 aromatic heterocycles. The molecular weight excluding hydrogens is 490 g/mol. The maximum Gasteiger partial charge on any atom is 0.130 e. The van der Waals surface area contributed by atoms with Crippen molar-refractivity contribution >= 4 is 10.9 Å². The van der Waals surface area contributed by atoms with E-state index >= 15 is 0 Å². The summed E-state index contributed by atoms with van der Waals surface area (Å²) in [6, 6.07) is 40.1. The van der Waals surface area contributed by atoms with Gasteiger partial charge in [0.2, 0.25) is 0 Å². The van der Waals surface area contributed by atoms with Gasteiger partial charge in [0.25, 0.3) is 0 Å². The number of hydrogen-bond donors (Lipinski definition) is 0. The van der Waals surface area contributed by atoms with Gasteiger partial charge in [0.15, 0.2) is 0 Å². The zero-order chi connectivity index (χ0) is 27.3. The first-order valence-electron chi connectivity index (χ1n) is 13.9. The fraction of sp³-hybridized carbons (Fsp3) is 0.167. The lowest BCUT2D eigenvalue weighted by molar-refractivity contribution is 0.301. The summed E-state index contributed by atoms with van der Waals surface area (Å²) in [7, 11) is 0. The van der Waals surface area contributed by atoms with Crippen LogP contribution < -0.4 is 4.74 Å². The lowest BCUT2D eigenvalue weighted by Crippen LogP contribution is -2.06. The van der Waals surface area contributed by atoms with Gasteiger partial charge in [-0.3, -0.25) is 4.68 Å². The topological polar surface area (TPSA) is 39.9 Å². The zero-order valence-electron chi connectivity index (χ0n) is 23.0. The van der Waals surface area contributed by atoms with Crippen molar-refractivity contribution in [3.8, 4) is 28.1 Å². The van der Waals surface area contributed by atoms with E-state index in [4.69, 9.17) is 9.72 Å². The molecule has 0 bridgehead atoms. The molecule has 2 heterocycles. The van der Waals surface area contributed by atoms with E-state index in [-0.39, 0.29) is 0 Å². The Labute approximate surface area is 235 Å². The van der Waals surface area contributed by atoms with Gasteiger partial charge in [-0.2, -0.15) is 5.10 Å². The van der Waals surface area contributed by atoms with Crippen LogP contribution in [0, 0.1) is 5.92 Å². The van der Waals surface area contributed by atoms with Gasteiger partial charge in [0.05, 0.1) is 23.4 Å². The highest BCUT2D eigenvalue weighted by molar-refractivity contribution is 5.78. The van der Waals surface area contributed by atoms with Crippen molar-refractivity contribution in [2.45, 2.75) is 33.4 Å². The Hall–Kier alpha value is -4.70. The fourth-order valence-electron chi connectivity index (χ4n) is 5.16. The summed E-state index contributed by atoms with van der Waals surface area (Å²) in [6.45, 7) is 5.65. The van der Waals surface area contributed by atoms with E-state index < -0.39 is 0 Å². The molecule has 0 aliphatic heterocycles. The largest absolute Gasteiger partial charge is 0.487 e. The van der Waals surface area contributed by atoms with Crippen LogP contribution >= 0.6 is 0 Å². The van der Waals surface area contributed by atoms with E-state index in [2.05, 4.69) is 109 Å². The van der Waals surface area contributed by atoms with Crippen LogP contribution in [-0.2, 0) is 19.6 Å². The molecule has 4 heteroatoms. The lowest BCUT2D eigenvalue weighted by atomic mass is 9.96. The minimum absolute atomic E-state index is 0.433. The van der Waals surface area contributed by atoms with Crippen molar-refractivity contribution in [2.24, 2.45) is 5.92 Å². The number of rotatable bonds is 9. The molecule has 0 aliphatic rings. The highest BCUT2D eigenvalue weighted by atomic mass is 16.5. The van der Waals surface area contributed by atoms with Crippen LogP contribution in [0.5, 0.6) is 5.75 Å². The van der Waals surface area contributed by atoms with E-state index in [1.807, 2.05) is 36.5 Å². The van der Waals surface area contributed by atoms with Crippen molar-refractivity contribution in [1.82, 2.24) is 14.8 Å². The summed E-state index contributed by atoms with van der Waals surface area (Å²) in [5.74, 6) is 1.37. The molecular formula is C36H33N3O. The predicted molar refractivity (Wildman–Crippen MR) is 163 cm³/mol. The van der Waals surface area contributed by atoms with Crippen molar-refractivity contribution in [3.63, 3.8) is 0 Å². The highest BCUT2D eigenvalue weighted by Crippen LogP contribution is 2.30. The second-order valence-electron chi connectivity index (χ2n) is 10.6. The molecule has 40 heavy (non-hydrogen) atoms. The monoisotopic (exact) mass is 523 g/mol. The van der Waals surface area contributed by atoms with E-state index in [1.54, 1.807) is 0 Å². The number of aromatic nitrogens is 3. The molecule has 0 unspecified atom stereocenters. The van der Waals surface area contributed by atoms with Gasteiger partial charge in [-0.05, 0) is 71.0 Å². The molecule has 0 saturated carbocycles. The lowest BCUT2D eigenvalue weighted by Gasteiger charge is -2.16. The molecule has 0 aliphatic carbocycles. The Balaban J connectivity index is 1.22. The molecule has 0 radical (unpaired) electrons. The fourth-order valence-corrected chi connectivity index (χ4v) is 5.16. The third-order valence-corrected chi connectivity index (χ3v) is 7.13. The molecule has 0 atom stereocenters. The van der Waals surface area contributed by atoms with Crippen molar-refractivity contribution in [1.29, 1.82) is 0 Å². The van der Waals surface area contributed by atoms with Crippen molar-refractivity contribution in [3.05, 3.63) is 138 Å². The van der Waals surface area contributed by atoms with Crippen LogP contribution in [0.1, 0.15) is 30.7 Å². The second kappa shape index (κ2) is 11.6. The van der Waals surface area contributed by atoms with E-state index in [0.29, 0.717) is 19.1 Å². The summed E-state index contributed by atoms with van der Waals surface area (Å²) in [5, 5.41) is 5.83. The van der Waals surface area contributed by atoms with Gasteiger partial charge < -0.3 is 4.74 Å². The molecule has 0 N–H and O–H groups in total. The van der Waals surface area contributed by atoms with Crippen molar-refractivity contribution < 1.29 is 4.74 Å². The first-order chi connectivity index (χ1) is 19.6. The Morgan fingerprint density at radius 2 is 1.52 bits per heavy atom. The normalized spacial score (nSPS) is 11.3. The number of pyridine rings is 1. The van der Waals surface area contributed by atoms with Crippen LogP contribution in [0.15, 0.2) is 121 Å². The number of benzene rings is 4. The molecule has 0 amide bonds. The van der Waals surface area contributed by atoms with Gasteiger partial charge >= 0.3 is 0 Å². The van der Waals surface area contributed by atoms with Crippen LogP contribution in [0.2, 0.25) is 0 Å². The molecule has 0 fully saturated rings. The second-order valence-corrected chi connectivity index (χ2v) is 10.6. The van der Waals surface area contributed by atoms with E-state index in [9.17, 15) is 0 Å². The van der Waals surface area contributed by atoms with Crippen molar-refractivity contribution in [2.75, 3.05) is 0 Å². The molecule has 198 valence electrons. The summed E-state index contributed by atoms with van der Waals surface area (Å²) < 4.78 is 8.32. The Morgan fingerprint density at radius 3 is 2.35 bits per heavy atom. The molecule has 0 spiro atoms. The Morgan fingerprint density at radius 1 is 0.750 bits per heavy atom. The number of nitrogens with zero attached hydrogens (tertiary/aromatic N) is 3. The van der Waals surface area contributed by atoms with Crippen LogP contribution in [0.3, 0.4) is 0 Å². The Bertz CT molecular complexity index is 1720. The smallest absolute Gasteiger partial charge is 0.130 e. The average Bonchev–Trinajstić information content (AvgIpc) is 3.44. The standard InChI is InChI=1S/C36H33N3O/c1-26(2)22-31-23-33(40-25-32-17-16-30-10-6-7-11-35(30)38-32)18-19-34(31)36-20-21-37-39(36)24-27-12-14-29(15-13-27)28-8-4-3-5-9-28/h3-21,23,26H,22,24-25H2,1-2H3. The van der Waals surface area contributed by atoms with Crippen LogP contribution in [-0.4, -0.2) is 14.8 Å². The predicted octanol–water partition coefficient (Wildman–Crippen LogP) is 8.59. The maximum atomic E-state index is 6.22. The number of hydrogen-bond acceptors (Lipinski definition) is 3. The number of ether oxygens (including phenoxy) is 1. The zero-order valence-corrected chi connectivity index (χ0v) is 23.0. The molecule has 6 rings (SSSR count). The van der Waals surface area contributed by atoms with Crippen LogP contribution in [0.4, 0.5) is 0 Å². The maximum absolute atomic E-state index is 6.22. The van der Waals surface area contributed by atoms with E-state index in [0.717, 1.165) is 34.5 Å². The first-order valence-corrected chi connectivity index (χ1v) is 13.9. The number of fused-ring (bicyclic) bond motifs is 1. The van der Waals surface area contributed by atoms with Gasteiger partial charge in [-0.25, -0.2) is 4.98 Å². The SMILES string of the molecule is CC(C)Cc1cc(OCc2ccc3ccccc3n2)ccc1-c1ccnn1Cc1ccc(-c2ccccc2)cc1. The summed E-state index contributed by atoms with van der Waals surface area (Å²) in [4.78, 5) is 4.76. The summed E-state index contributed by atoms with van der Waals surface area (Å²) in [6.07, 6.45) is 2.85. The third-order valence-electron chi connectivity index (χ3n) is 7.13. The minimum atomic E-state index is 0.433. The van der Waals surface area contributed by atoms with Gasteiger partial charge in [0.1, 0.15) is 12.4 Å². The molecule has 0 saturated heterocycles. The summed E-state index contributed by atoms with van der Waals surface area (Å²) >= 11 is 0. The molecule has 6 aromatic rings.